The number of nitrogens with zero attached hydrogens (tertiary/aromatic N) is 1. The van der Waals surface area contributed by atoms with Crippen LogP contribution in [-0.2, 0) is 17.6 Å². The largest absolute Gasteiger partial charge is 0.365 e. The van der Waals surface area contributed by atoms with Crippen molar-refractivity contribution in [1.29, 1.82) is 0 Å². The number of hydrogen-bond donors (Lipinski definition) is 3. The number of benzene rings is 1. The van der Waals surface area contributed by atoms with Crippen LogP contribution < -0.4 is 16.0 Å². The zero-order chi connectivity index (χ0) is 19.8. The number of aromatic nitrogens is 1. The van der Waals surface area contributed by atoms with Crippen LogP contribution >= 0.6 is 22.7 Å². The van der Waals surface area contributed by atoms with Crippen molar-refractivity contribution in [2.45, 2.75) is 32.2 Å². The molecule has 0 fully saturated rings. The van der Waals surface area contributed by atoms with E-state index in [4.69, 9.17) is 10.7 Å². The number of carbonyl (C=O) groups is 2. The first kappa shape index (κ1) is 19.0. The van der Waals surface area contributed by atoms with Gasteiger partial charge in [-0.05, 0) is 43.9 Å². The number of rotatable bonds is 6. The van der Waals surface area contributed by atoms with E-state index < -0.39 is 5.91 Å². The van der Waals surface area contributed by atoms with Crippen molar-refractivity contribution in [3.8, 4) is 0 Å². The summed E-state index contributed by atoms with van der Waals surface area (Å²) >= 11 is 3.15. The number of carbonyl (C=O) groups excluding carboxylic acids is 2. The number of nitrogens with one attached hydrogen (secondary N) is 2. The van der Waals surface area contributed by atoms with Gasteiger partial charge in [0.25, 0.3) is 11.8 Å². The van der Waals surface area contributed by atoms with Gasteiger partial charge in [-0.1, -0.05) is 12.1 Å². The molecule has 1 unspecified atom stereocenters. The molecule has 4 N–H and O–H groups in total. The summed E-state index contributed by atoms with van der Waals surface area (Å²) in [4.78, 5) is 31.4. The van der Waals surface area contributed by atoms with Gasteiger partial charge in [0.15, 0.2) is 11.6 Å². The fourth-order valence-electron chi connectivity index (χ4n) is 3.62. The van der Waals surface area contributed by atoms with E-state index in [0.29, 0.717) is 10.6 Å². The van der Waals surface area contributed by atoms with Crippen LogP contribution in [0.2, 0.25) is 0 Å². The molecule has 1 aliphatic rings. The zero-order valence-electron chi connectivity index (χ0n) is 15.9. The number of thiophene rings is 1. The highest BCUT2D eigenvalue weighted by Gasteiger charge is 2.27. The van der Waals surface area contributed by atoms with E-state index in [-0.39, 0.29) is 18.5 Å². The van der Waals surface area contributed by atoms with Crippen LogP contribution in [0.25, 0.3) is 10.2 Å². The molecule has 0 saturated carbocycles. The van der Waals surface area contributed by atoms with E-state index in [1.54, 1.807) is 11.3 Å². The van der Waals surface area contributed by atoms with E-state index in [1.165, 1.54) is 16.2 Å². The first-order valence-corrected chi connectivity index (χ1v) is 11.0. The molecule has 0 aliphatic heterocycles. The number of aryl methyl sites for hydroxylation is 1. The number of anilines is 1. The summed E-state index contributed by atoms with van der Waals surface area (Å²) in [6.07, 6.45) is 2.86. The lowest BCUT2D eigenvalue weighted by Crippen LogP contribution is -3.10. The fourth-order valence-corrected chi connectivity index (χ4v) is 6.04. The van der Waals surface area contributed by atoms with Crippen LogP contribution in [0.4, 0.5) is 5.00 Å². The summed E-state index contributed by atoms with van der Waals surface area (Å²) in [6.45, 7) is 2.37. The Morgan fingerprint density at radius 3 is 2.82 bits per heavy atom. The summed E-state index contributed by atoms with van der Waals surface area (Å²) in [5.41, 5.74) is 8.09. The van der Waals surface area contributed by atoms with Gasteiger partial charge < -0.3 is 16.0 Å². The first-order chi connectivity index (χ1) is 13.4. The molecule has 28 heavy (non-hydrogen) atoms. The molecule has 0 saturated heterocycles. The molecule has 0 spiro atoms. The van der Waals surface area contributed by atoms with Gasteiger partial charge >= 0.3 is 0 Å². The predicted octanol–water partition coefficient (Wildman–Crippen LogP) is 2.16. The van der Waals surface area contributed by atoms with Crippen LogP contribution in [0.1, 0.15) is 45.2 Å². The molecule has 1 aromatic carbocycles. The molecule has 2 heterocycles. The number of fused-ring (bicyclic) bond motifs is 2. The second-order valence-electron chi connectivity index (χ2n) is 7.24. The highest BCUT2D eigenvalue weighted by atomic mass is 32.1. The third-order valence-corrected chi connectivity index (χ3v) is 7.71. The summed E-state index contributed by atoms with van der Waals surface area (Å²) < 4.78 is 1.15. The van der Waals surface area contributed by atoms with E-state index in [1.807, 2.05) is 25.2 Å². The number of nitrogens with two attached hydrogens (primary N) is 1. The normalized spacial score (nSPS) is 15.4. The van der Waals surface area contributed by atoms with Crippen LogP contribution in [0.3, 0.4) is 0 Å². The molecule has 6 nitrogen and oxygen atoms in total. The minimum Gasteiger partial charge on any atom is -0.365 e. The van der Waals surface area contributed by atoms with Crippen molar-refractivity contribution in [2.24, 2.45) is 5.73 Å². The molecule has 2 aromatic heterocycles. The number of para-hydroxylation sites is 1. The Bertz CT molecular complexity index is 1020. The smallest absolute Gasteiger partial charge is 0.280 e. The second kappa shape index (κ2) is 7.62. The number of primary amides is 1. The lowest BCUT2D eigenvalue weighted by molar-refractivity contribution is -0.902. The van der Waals surface area contributed by atoms with E-state index in [9.17, 15) is 9.59 Å². The topological polar surface area (TPSA) is 89.5 Å². The fraction of sp³-hybridized carbons (Fsp3) is 0.350. The van der Waals surface area contributed by atoms with Crippen LogP contribution in [-0.4, -0.2) is 30.4 Å². The lowest BCUT2D eigenvalue weighted by atomic mass is 10.1. The molecular formula is C20H23N4O2S2+. The average Bonchev–Trinajstić information content (AvgIpc) is 3.33. The molecule has 0 radical (unpaired) electrons. The molecule has 2 atom stereocenters. The quantitative estimate of drug-likeness (QED) is 0.576. The summed E-state index contributed by atoms with van der Waals surface area (Å²) in [5.74, 6) is -0.578. The van der Waals surface area contributed by atoms with Gasteiger partial charge in [0.1, 0.15) is 11.0 Å². The summed E-state index contributed by atoms with van der Waals surface area (Å²) in [6, 6.07) is 8.15. The summed E-state index contributed by atoms with van der Waals surface area (Å²) in [7, 11) is 1.99. The Morgan fingerprint density at radius 2 is 2.07 bits per heavy atom. The Hall–Kier alpha value is -2.29. The van der Waals surface area contributed by atoms with Gasteiger partial charge in [0.05, 0.1) is 22.8 Å². The van der Waals surface area contributed by atoms with E-state index in [2.05, 4.69) is 18.3 Å². The molecule has 2 amide bonds. The number of quaternary nitrogens is 1. The minimum atomic E-state index is -0.460. The van der Waals surface area contributed by atoms with Crippen LogP contribution in [0, 0.1) is 0 Å². The predicted molar refractivity (Wildman–Crippen MR) is 113 cm³/mol. The van der Waals surface area contributed by atoms with Crippen molar-refractivity contribution in [3.05, 3.63) is 45.3 Å². The zero-order valence-corrected chi connectivity index (χ0v) is 17.5. The van der Waals surface area contributed by atoms with E-state index >= 15 is 0 Å². The van der Waals surface area contributed by atoms with Gasteiger partial charge in [0, 0.05) is 4.88 Å². The third-order valence-electron chi connectivity index (χ3n) is 5.28. The number of thiazole rings is 1. The van der Waals surface area contributed by atoms with E-state index in [0.717, 1.165) is 45.0 Å². The Kier molecular flexibility index (Phi) is 5.18. The van der Waals surface area contributed by atoms with Gasteiger partial charge in [-0.3, -0.25) is 9.59 Å². The van der Waals surface area contributed by atoms with Gasteiger partial charge in [-0.2, -0.15) is 0 Å². The third kappa shape index (κ3) is 3.55. The number of hydrogen-bond acceptors (Lipinski definition) is 5. The van der Waals surface area contributed by atoms with Crippen LogP contribution in [0.5, 0.6) is 0 Å². The Balaban J connectivity index is 1.45. The Morgan fingerprint density at radius 1 is 1.29 bits per heavy atom. The van der Waals surface area contributed by atoms with Gasteiger partial charge in [-0.25, -0.2) is 4.98 Å². The molecule has 4 rings (SSSR count). The van der Waals surface area contributed by atoms with Crippen molar-refractivity contribution >= 4 is 49.7 Å². The lowest BCUT2D eigenvalue weighted by Gasteiger charge is -2.19. The van der Waals surface area contributed by atoms with Crippen molar-refractivity contribution in [3.63, 3.8) is 0 Å². The van der Waals surface area contributed by atoms with Crippen molar-refractivity contribution in [2.75, 3.05) is 18.9 Å². The Labute approximate surface area is 171 Å². The maximum absolute atomic E-state index is 12.6. The second-order valence-corrected chi connectivity index (χ2v) is 9.41. The molecule has 8 heteroatoms. The van der Waals surface area contributed by atoms with Crippen LogP contribution in [0.15, 0.2) is 24.3 Å². The van der Waals surface area contributed by atoms with Gasteiger partial charge in [0.2, 0.25) is 0 Å². The monoisotopic (exact) mass is 415 g/mol. The molecule has 0 bridgehead atoms. The first-order valence-electron chi connectivity index (χ1n) is 9.36. The molecule has 1 aliphatic carbocycles. The molecule has 146 valence electrons. The number of amides is 2. The summed E-state index contributed by atoms with van der Waals surface area (Å²) in [5, 5.41) is 4.54. The molecule has 3 aromatic rings. The van der Waals surface area contributed by atoms with Crippen molar-refractivity contribution in [1.82, 2.24) is 4.98 Å². The molecular weight excluding hydrogens is 392 g/mol. The van der Waals surface area contributed by atoms with Crippen molar-refractivity contribution < 1.29 is 14.5 Å². The van der Waals surface area contributed by atoms with Gasteiger partial charge in [-0.15, -0.1) is 22.7 Å². The average molecular weight is 416 g/mol. The standard InChI is InChI=1S/C20H22N4O2S2/c1-11(19-22-13-7-3-4-8-15(13)28-19)24(2)10-16(25)23-20-17(18(21)26)12-6-5-9-14(12)27-20/h3-4,7-8,11H,5-6,9-10H2,1-2H3,(H2,21,26)(H,23,25)/p+1/t11-/m1/s1. The minimum absolute atomic E-state index is 0.0899. The highest BCUT2D eigenvalue weighted by molar-refractivity contribution is 7.18. The maximum Gasteiger partial charge on any atom is 0.280 e. The maximum atomic E-state index is 12.6. The SMILES string of the molecule is C[C@H](c1nc2ccccc2s1)[NH+](C)CC(=O)Nc1sc2c(c1C(N)=O)CCC2. The number of likely N-dealkylation sites (N-methyl/N-ethyl adjacent to an activating group) is 1. The highest BCUT2D eigenvalue weighted by Crippen LogP contribution is 2.38.